The first-order valence-electron chi connectivity index (χ1n) is 7.66. The van der Waals surface area contributed by atoms with Gasteiger partial charge in [0.25, 0.3) is 5.91 Å². The summed E-state index contributed by atoms with van der Waals surface area (Å²) >= 11 is 0. The van der Waals surface area contributed by atoms with E-state index in [1.165, 1.54) is 12.8 Å². The fraction of sp³-hybridized carbons (Fsp3) is 0.588. The highest BCUT2D eigenvalue weighted by molar-refractivity contribution is 5.96. The van der Waals surface area contributed by atoms with Gasteiger partial charge in [0.1, 0.15) is 0 Å². The van der Waals surface area contributed by atoms with E-state index in [0.717, 1.165) is 29.8 Å². The third-order valence-electron chi connectivity index (χ3n) is 4.27. The van der Waals surface area contributed by atoms with Crippen LogP contribution in [0.5, 0.6) is 0 Å². The Hall–Kier alpha value is -1.51. The van der Waals surface area contributed by atoms with Crippen LogP contribution in [0.3, 0.4) is 0 Å². The van der Waals surface area contributed by atoms with Crippen LogP contribution in [0, 0.1) is 12.8 Å². The molecule has 1 aliphatic carbocycles. The van der Waals surface area contributed by atoms with Crippen LogP contribution in [0.1, 0.15) is 49.0 Å². The van der Waals surface area contributed by atoms with Crippen molar-refractivity contribution < 1.29 is 4.79 Å². The number of carbonyl (C=O) groups excluding carboxylic acids is 1. The molecule has 0 aromatic heterocycles. The molecule has 1 aromatic carbocycles. The van der Waals surface area contributed by atoms with Crippen LogP contribution in [-0.2, 0) is 0 Å². The molecular formula is C17H26N2O. The van der Waals surface area contributed by atoms with Gasteiger partial charge in [-0.3, -0.25) is 4.79 Å². The summed E-state index contributed by atoms with van der Waals surface area (Å²) in [5.41, 5.74) is 2.96. The van der Waals surface area contributed by atoms with Gasteiger partial charge < -0.3 is 10.2 Å². The van der Waals surface area contributed by atoms with Crippen LogP contribution in [0.2, 0.25) is 0 Å². The standard InChI is InChI=1S/C17H26N2O/c1-5-10-18-15-8-9-16(12(2)11-15)17(20)19(4)13(3)14-6-7-14/h8-9,11,13-14,18H,5-7,10H2,1-4H3. The molecule has 0 spiro atoms. The lowest BCUT2D eigenvalue weighted by Crippen LogP contribution is -2.36. The number of hydrogen-bond acceptors (Lipinski definition) is 2. The van der Waals surface area contributed by atoms with Crippen molar-refractivity contribution in [1.82, 2.24) is 4.90 Å². The Balaban J connectivity index is 2.09. The summed E-state index contributed by atoms with van der Waals surface area (Å²) in [4.78, 5) is 14.5. The summed E-state index contributed by atoms with van der Waals surface area (Å²) in [6.07, 6.45) is 3.62. The minimum Gasteiger partial charge on any atom is -0.385 e. The van der Waals surface area contributed by atoms with Crippen molar-refractivity contribution >= 4 is 11.6 Å². The van der Waals surface area contributed by atoms with Crippen molar-refractivity contribution in [2.24, 2.45) is 5.92 Å². The topological polar surface area (TPSA) is 32.3 Å². The molecule has 0 saturated heterocycles. The molecule has 3 nitrogen and oxygen atoms in total. The lowest BCUT2D eigenvalue weighted by Gasteiger charge is -2.25. The van der Waals surface area contributed by atoms with E-state index in [0.29, 0.717) is 12.0 Å². The largest absolute Gasteiger partial charge is 0.385 e. The van der Waals surface area contributed by atoms with Crippen molar-refractivity contribution in [3.8, 4) is 0 Å². The molecule has 1 aliphatic rings. The minimum atomic E-state index is 0.143. The number of hydrogen-bond donors (Lipinski definition) is 1. The van der Waals surface area contributed by atoms with E-state index in [9.17, 15) is 4.79 Å². The molecule has 1 saturated carbocycles. The highest BCUT2D eigenvalue weighted by atomic mass is 16.2. The number of carbonyl (C=O) groups is 1. The Kier molecular flexibility index (Phi) is 4.69. The predicted molar refractivity (Wildman–Crippen MR) is 84.2 cm³/mol. The molecule has 1 atom stereocenters. The minimum absolute atomic E-state index is 0.143. The fourth-order valence-corrected chi connectivity index (χ4v) is 2.55. The Morgan fingerprint density at radius 3 is 2.70 bits per heavy atom. The van der Waals surface area contributed by atoms with Gasteiger partial charge in [-0.15, -0.1) is 0 Å². The molecule has 1 fully saturated rings. The highest BCUT2D eigenvalue weighted by Crippen LogP contribution is 2.35. The van der Waals surface area contributed by atoms with Gasteiger partial charge in [0, 0.05) is 30.9 Å². The number of nitrogens with zero attached hydrogens (tertiary/aromatic N) is 1. The molecule has 20 heavy (non-hydrogen) atoms. The summed E-state index contributed by atoms with van der Waals surface area (Å²) < 4.78 is 0. The van der Waals surface area contributed by atoms with Gasteiger partial charge in [-0.05, 0) is 62.8 Å². The molecular weight excluding hydrogens is 248 g/mol. The van der Waals surface area contributed by atoms with Gasteiger partial charge in [0.05, 0.1) is 0 Å². The van der Waals surface area contributed by atoms with Crippen molar-refractivity contribution in [2.75, 3.05) is 18.9 Å². The molecule has 2 rings (SSSR count). The Bertz CT molecular complexity index is 480. The van der Waals surface area contributed by atoms with Crippen LogP contribution >= 0.6 is 0 Å². The van der Waals surface area contributed by atoms with E-state index in [4.69, 9.17) is 0 Å². The van der Waals surface area contributed by atoms with Crippen molar-refractivity contribution in [1.29, 1.82) is 0 Å². The monoisotopic (exact) mass is 274 g/mol. The maximum absolute atomic E-state index is 12.6. The molecule has 0 bridgehead atoms. The number of rotatable bonds is 6. The zero-order valence-electron chi connectivity index (χ0n) is 13.1. The lowest BCUT2D eigenvalue weighted by molar-refractivity contribution is 0.0726. The molecule has 0 heterocycles. The maximum atomic E-state index is 12.6. The average Bonchev–Trinajstić information content (AvgIpc) is 3.27. The average molecular weight is 274 g/mol. The molecule has 1 unspecified atom stereocenters. The fourth-order valence-electron chi connectivity index (χ4n) is 2.55. The van der Waals surface area contributed by atoms with Gasteiger partial charge >= 0.3 is 0 Å². The highest BCUT2D eigenvalue weighted by Gasteiger charge is 2.32. The Morgan fingerprint density at radius 1 is 1.45 bits per heavy atom. The lowest BCUT2D eigenvalue weighted by atomic mass is 10.0. The van der Waals surface area contributed by atoms with Crippen LogP contribution < -0.4 is 5.32 Å². The SMILES string of the molecule is CCCNc1ccc(C(=O)N(C)C(C)C2CC2)c(C)c1. The zero-order chi connectivity index (χ0) is 14.7. The van der Waals surface area contributed by atoms with Crippen molar-refractivity contribution in [2.45, 2.75) is 46.1 Å². The molecule has 1 aromatic rings. The summed E-state index contributed by atoms with van der Waals surface area (Å²) in [5, 5.41) is 3.36. The first-order chi connectivity index (χ1) is 9.54. The molecule has 3 heteroatoms. The summed E-state index contributed by atoms with van der Waals surface area (Å²) in [7, 11) is 1.92. The van der Waals surface area contributed by atoms with E-state index in [1.54, 1.807) is 0 Å². The van der Waals surface area contributed by atoms with Crippen LogP contribution in [0.25, 0.3) is 0 Å². The second-order valence-corrected chi connectivity index (χ2v) is 5.95. The van der Waals surface area contributed by atoms with Crippen molar-refractivity contribution in [3.63, 3.8) is 0 Å². The molecule has 1 N–H and O–H groups in total. The van der Waals surface area contributed by atoms with Crippen LogP contribution in [0.15, 0.2) is 18.2 Å². The number of benzene rings is 1. The third kappa shape index (κ3) is 3.33. The van der Waals surface area contributed by atoms with E-state index in [2.05, 4.69) is 25.2 Å². The molecule has 0 radical (unpaired) electrons. The summed E-state index contributed by atoms with van der Waals surface area (Å²) in [6, 6.07) is 6.37. The van der Waals surface area contributed by atoms with Gasteiger partial charge in [-0.2, -0.15) is 0 Å². The zero-order valence-corrected chi connectivity index (χ0v) is 13.1. The summed E-state index contributed by atoms with van der Waals surface area (Å²) in [6.45, 7) is 7.28. The van der Waals surface area contributed by atoms with E-state index < -0.39 is 0 Å². The third-order valence-corrected chi connectivity index (χ3v) is 4.27. The first kappa shape index (κ1) is 14.9. The molecule has 110 valence electrons. The van der Waals surface area contributed by atoms with Gasteiger partial charge in [0.2, 0.25) is 0 Å². The predicted octanol–water partition coefficient (Wildman–Crippen LogP) is 3.69. The van der Waals surface area contributed by atoms with E-state index in [1.807, 2.05) is 31.0 Å². The Labute approximate surface area is 122 Å². The molecule has 0 aliphatic heterocycles. The van der Waals surface area contributed by atoms with Gasteiger partial charge in [-0.25, -0.2) is 0 Å². The normalized spacial score (nSPS) is 15.8. The number of anilines is 1. The number of nitrogens with one attached hydrogen (secondary N) is 1. The quantitative estimate of drug-likeness (QED) is 0.858. The number of amides is 1. The second-order valence-electron chi connectivity index (χ2n) is 5.95. The van der Waals surface area contributed by atoms with E-state index >= 15 is 0 Å². The van der Waals surface area contributed by atoms with E-state index in [-0.39, 0.29) is 5.91 Å². The smallest absolute Gasteiger partial charge is 0.254 e. The Morgan fingerprint density at radius 2 is 2.15 bits per heavy atom. The number of aryl methyl sites for hydroxylation is 1. The van der Waals surface area contributed by atoms with Crippen LogP contribution in [0.4, 0.5) is 5.69 Å². The van der Waals surface area contributed by atoms with Crippen molar-refractivity contribution in [3.05, 3.63) is 29.3 Å². The first-order valence-corrected chi connectivity index (χ1v) is 7.66. The van der Waals surface area contributed by atoms with Gasteiger partial charge in [0.15, 0.2) is 0 Å². The van der Waals surface area contributed by atoms with Gasteiger partial charge in [-0.1, -0.05) is 6.92 Å². The molecule has 1 amide bonds. The van der Waals surface area contributed by atoms with Crippen LogP contribution in [-0.4, -0.2) is 30.4 Å². The maximum Gasteiger partial charge on any atom is 0.254 e. The second kappa shape index (κ2) is 6.29. The summed E-state index contributed by atoms with van der Waals surface area (Å²) in [5.74, 6) is 0.846.